The number of nitrogens with one attached hydrogen (secondary N) is 1. The largest absolute Gasteiger partial charge is 0.458 e. The lowest BCUT2D eigenvalue weighted by Gasteiger charge is -2.40. The molecular formula is C31H45BN6O6S. The van der Waals surface area contributed by atoms with Gasteiger partial charge < -0.3 is 19.5 Å². The van der Waals surface area contributed by atoms with Crippen molar-refractivity contribution in [1.29, 1.82) is 0 Å². The summed E-state index contributed by atoms with van der Waals surface area (Å²) in [5.74, 6) is -3.28. The van der Waals surface area contributed by atoms with Gasteiger partial charge >= 0.3 is 12.1 Å². The predicted octanol–water partition coefficient (Wildman–Crippen LogP) is 3.83. The molecule has 2 aromatic rings. The molecule has 2 aliphatic heterocycles. The minimum Gasteiger partial charge on any atom is -0.458 e. The van der Waals surface area contributed by atoms with Crippen LogP contribution in [0.1, 0.15) is 60.8 Å². The maximum Gasteiger partial charge on any atom is 0.411 e. The van der Waals surface area contributed by atoms with Crippen LogP contribution in [0.5, 0.6) is 0 Å². The second kappa shape index (κ2) is 14.6. The van der Waals surface area contributed by atoms with Gasteiger partial charge in [-0.2, -0.15) is 0 Å². The average molecular weight is 641 g/mol. The lowest BCUT2D eigenvalue weighted by atomic mass is 9.63. The molecule has 2 aromatic heterocycles. The van der Waals surface area contributed by atoms with Gasteiger partial charge in [-0.1, -0.05) is 31.2 Å². The van der Waals surface area contributed by atoms with Crippen molar-refractivity contribution in [3.63, 3.8) is 0 Å². The van der Waals surface area contributed by atoms with Crippen LogP contribution in [0.25, 0.3) is 10.7 Å². The predicted molar refractivity (Wildman–Crippen MR) is 171 cm³/mol. The van der Waals surface area contributed by atoms with E-state index in [1.54, 1.807) is 43.7 Å². The number of carbonyl (C=O) groups is 3. The Morgan fingerprint density at radius 2 is 1.93 bits per heavy atom. The zero-order chi connectivity index (χ0) is 32.9. The van der Waals surface area contributed by atoms with Gasteiger partial charge in [-0.15, -0.1) is 16.4 Å². The van der Waals surface area contributed by atoms with Crippen LogP contribution in [0, 0.1) is 11.8 Å². The zero-order valence-electron chi connectivity index (χ0n) is 27.3. The molecule has 2 aliphatic rings. The van der Waals surface area contributed by atoms with Crippen molar-refractivity contribution in [3.8, 4) is 10.7 Å². The van der Waals surface area contributed by atoms with Crippen LogP contribution < -0.4 is 5.32 Å². The Kier molecular flexibility index (Phi) is 11.2. The van der Waals surface area contributed by atoms with Crippen LogP contribution in [-0.4, -0.2) is 100 Å². The highest BCUT2D eigenvalue weighted by molar-refractivity contribution is 7.13. The molecule has 0 aliphatic carbocycles. The number of thiazole rings is 1. The molecule has 12 nitrogen and oxygen atoms in total. The Hall–Kier alpha value is -3.10. The van der Waals surface area contributed by atoms with E-state index in [0.717, 1.165) is 5.01 Å². The van der Waals surface area contributed by atoms with Crippen LogP contribution in [0.15, 0.2) is 29.9 Å². The first-order valence-corrected chi connectivity index (χ1v) is 16.5. The number of allylic oxidation sites excluding steroid dienone is 1. The van der Waals surface area contributed by atoms with Gasteiger partial charge in [0.2, 0.25) is 0 Å². The molecule has 2 fully saturated rings. The number of Topliss-reactive ketones (excluding diaryl/α,β-unsaturated/α-hetero) is 1. The van der Waals surface area contributed by atoms with Crippen LogP contribution in [-0.2, 0) is 30.3 Å². The Balaban J connectivity index is 1.57. The fourth-order valence-electron chi connectivity index (χ4n) is 6.50. The normalized spacial score (nSPS) is 33.8. The highest BCUT2D eigenvalue weighted by Gasteiger charge is 2.58. The lowest BCUT2D eigenvalue weighted by molar-refractivity contribution is -0.170. The first-order chi connectivity index (χ1) is 21.4. The third-order valence-electron chi connectivity index (χ3n) is 9.41. The lowest BCUT2D eigenvalue weighted by Crippen LogP contribution is -2.60. The third-order valence-corrected chi connectivity index (χ3v) is 10.2. The second-order valence-electron chi connectivity index (χ2n) is 12.4. The molecule has 4 heterocycles. The summed E-state index contributed by atoms with van der Waals surface area (Å²) in [6.45, 7) is 12.2. The number of ketones is 1. The third kappa shape index (κ3) is 7.33. The summed E-state index contributed by atoms with van der Waals surface area (Å²) in [6, 6.07) is -0.717. The Morgan fingerprint density at radius 3 is 2.60 bits per heavy atom. The number of hydrogen-bond acceptors (Lipinski definition) is 11. The standard InChI is InChI=1S/C31H45BN6O6S/c1-8-23-31(6)26(38(29(41)44-31)16-10-9-15-37-18-22(35-36-37)27-34-14-17-45-27)21(4)33-13-11-12-30(5,42-7)25(32)19(2)24(39)20(3)28(40)43-23/h9-10,14,17-21,23,25-26,33H,8,11-13,15-16H2,1-7H3/b10-9+/t19-,20+,21-,23+,25+,26+,30+,31+/m0/s1. The molecule has 1 amide bonds. The van der Waals surface area contributed by atoms with Crippen molar-refractivity contribution in [2.24, 2.45) is 11.8 Å². The van der Waals surface area contributed by atoms with E-state index in [2.05, 4.69) is 20.6 Å². The summed E-state index contributed by atoms with van der Waals surface area (Å²) in [7, 11) is 8.16. The molecule has 4 rings (SSSR count). The summed E-state index contributed by atoms with van der Waals surface area (Å²) >= 11 is 1.49. The number of aromatic nitrogens is 4. The van der Waals surface area contributed by atoms with E-state index >= 15 is 0 Å². The van der Waals surface area contributed by atoms with Crippen LogP contribution in [0.3, 0.4) is 0 Å². The van der Waals surface area contributed by atoms with Crippen molar-refractivity contribution in [1.82, 2.24) is 30.2 Å². The Morgan fingerprint density at radius 1 is 1.20 bits per heavy atom. The van der Waals surface area contributed by atoms with E-state index < -0.39 is 53.1 Å². The summed E-state index contributed by atoms with van der Waals surface area (Å²) < 4.78 is 19.6. The Bertz CT molecular complexity index is 1360. The highest BCUT2D eigenvalue weighted by Crippen LogP contribution is 2.40. The van der Waals surface area contributed by atoms with Gasteiger partial charge in [0.05, 0.1) is 32.2 Å². The topological polar surface area (TPSA) is 138 Å². The molecule has 45 heavy (non-hydrogen) atoms. The van der Waals surface area contributed by atoms with Crippen molar-refractivity contribution >= 4 is 37.0 Å². The number of hydrogen-bond donors (Lipinski definition) is 1. The monoisotopic (exact) mass is 640 g/mol. The number of ether oxygens (including phenoxy) is 3. The van der Waals surface area contributed by atoms with Gasteiger partial charge in [-0.05, 0) is 59.3 Å². The highest BCUT2D eigenvalue weighted by atomic mass is 32.1. The van der Waals surface area contributed by atoms with E-state index in [1.165, 1.54) is 11.3 Å². The number of amides is 1. The molecule has 2 saturated heterocycles. The first kappa shape index (κ1) is 34.8. The number of cyclic esters (lactones) is 1. The van der Waals surface area contributed by atoms with Gasteiger partial charge in [0.25, 0.3) is 0 Å². The van der Waals surface area contributed by atoms with Gasteiger partial charge in [0.1, 0.15) is 28.5 Å². The fourth-order valence-corrected chi connectivity index (χ4v) is 7.08. The molecule has 8 atom stereocenters. The van der Waals surface area contributed by atoms with Crippen molar-refractivity contribution in [2.45, 2.75) is 103 Å². The molecule has 0 bridgehead atoms. The molecule has 14 heteroatoms. The van der Waals surface area contributed by atoms with Crippen molar-refractivity contribution in [3.05, 3.63) is 29.9 Å². The van der Waals surface area contributed by atoms with Crippen LogP contribution in [0.4, 0.5) is 4.79 Å². The molecular weight excluding hydrogens is 595 g/mol. The minimum absolute atomic E-state index is 0.232. The molecule has 0 spiro atoms. The van der Waals surface area contributed by atoms with E-state index in [4.69, 9.17) is 22.1 Å². The zero-order valence-corrected chi connectivity index (χ0v) is 28.1. The first-order valence-electron chi connectivity index (χ1n) is 15.6. The number of rotatable bonds is 7. The average Bonchev–Trinajstić information content (AvgIpc) is 3.78. The summed E-state index contributed by atoms with van der Waals surface area (Å²) in [6.07, 6.45) is 7.75. The van der Waals surface area contributed by atoms with Crippen LogP contribution >= 0.6 is 11.3 Å². The molecule has 1 N–H and O–H groups in total. The van der Waals surface area contributed by atoms with E-state index in [1.807, 2.05) is 44.5 Å². The number of fused-ring (bicyclic) bond motifs is 1. The fraction of sp³-hybridized carbons (Fsp3) is 0.677. The summed E-state index contributed by atoms with van der Waals surface area (Å²) in [5.41, 5.74) is -1.26. The van der Waals surface area contributed by atoms with E-state index in [0.29, 0.717) is 38.0 Å². The molecule has 244 valence electrons. The minimum atomic E-state index is -1.18. The summed E-state index contributed by atoms with van der Waals surface area (Å²) in [4.78, 5) is 46.2. The maximum atomic E-state index is 13.4. The van der Waals surface area contributed by atoms with E-state index in [-0.39, 0.29) is 18.4 Å². The van der Waals surface area contributed by atoms with Crippen molar-refractivity contribution in [2.75, 3.05) is 20.2 Å². The molecule has 0 aromatic carbocycles. The maximum absolute atomic E-state index is 13.4. The quantitative estimate of drug-likeness (QED) is 0.206. The van der Waals surface area contributed by atoms with Gasteiger partial charge in [0, 0.05) is 37.2 Å². The second-order valence-corrected chi connectivity index (χ2v) is 13.3. The number of esters is 1. The van der Waals surface area contributed by atoms with E-state index in [9.17, 15) is 14.4 Å². The molecule has 0 saturated carbocycles. The number of carbonyl (C=O) groups excluding carboxylic acids is 3. The SMILES string of the molecule is [B][C@@H]1[C@@H](C)C(=O)[C@@H](C)C(=O)O[C@H](CC)[C@@]2(C)OC(=O)N(C/C=C/Cn3cc(-c4nccs4)nn3)[C@@H]2[C@H](C)NCCC[C@@]1(C)OC. The Labute approximate surface area is 270 Å². The number of nitrogens with zero attached hydrogens (tertiary/aromatic N) is 5. The van der Waals surface area contributed by atoms with Gasteiger partial charge in [-0.3, -0.25) is 14.5 Å². The van der Waals surface area contributed by atoms with Gasteiger partial charge in [-0.25, -0.2) is 14.5 Å². The smallest absolute Gasteiger partial charge is 0.411 e. The molecule has 2 radical (unpaired) electrons. The number of methoxy groups -OCH3 is 1. The van der Waals surface area contributed by atoms with Crippen LogP contribution in [0.2, 0.25) is 5.82 Å². The molecule has 0 unspecified atom stereocenters. The summed E-state index contributed by atoms with van der Waals surface area (Å²) in [5, 5.41) is 14.6. The van der Waals surface area contributed by atoms with Crippen molar-refractivity contribution < 1.29 is 28.6 Å². The van der Waals surface area contributed by atoms with Gasteiger partial charge in [0.15, 0.2) is 5.60 Å².